The van der Waals surface area contributed by atoms with E-state index in [-0.39, 0.29) is 25.5 Å². The maximum absolute atomic E-state index is 11.3. The summed E-state index contributed by atoms with van der Waals surface area (Å²) in [5.41, 5.74) is 0. The van der Waals surface area contributed by atoms with Crippen molar-refractivity contribution in [2.75, 3.05) is 19.1 Å². The Balaban J connectivity index is 2.40. The summed E-state index contributed by atoms with van der Waals surface area (Å²) in [6.45, 7) is 3.74. The van der Waals surface area contributed by atoms with Crippen molar-refractivity contribution in [2.24, 2.45) is 0 Å². The molecule has 0 aromatic carbocycles. The molecule has 0 bridgehead atoms. The maximum Gasteiger partial charge on any atom is 0.407 e. The molecule has 0 aromatic rings. The molecule has 0 spiro atoms. The number of nitrogens with one attached hydrogen (secondary N) is 1. The van der Waals surface area contributed by atoms with Crippen molar-refractivity contribution < 1.29 is 23.8 Å². The van der Waals surface area contributed by atoms with Gasteiger partial charge in [-0.05, 0) is 0 Å². The maximum atomic E-state index is 11.3. The highest BCUT2D eigenvalue weighted by atomic mass is 35.5. The molecule has 1 fully saturated rings. The fraction of sp³-hybridized carbons (Fsp3) is 0.600. The summed E-state index contributed by atoms with van der Waals surface area (Å²) in [6.07, 6.45) is 0.0400. The second-order valence-electron chi connectivity index (χ2n) is 3.26. The van der Waals surface area contributed by atoms with Crippen LogP contribution in [-0.4, -0.2) is 43.5 Å². The van der Waals surface area contributed by atoms with Gasteiger partial charge in [-0.15, -0.1) is 11.6 Å². The van der Waals surface area contributed by atoms with Crippen LogP contribution in [0.3, 0.4) is 0 Å². The molecule has 6 nitrogen and oxygen atoms in total. The number of carbonyl (C=O) groups is 2. The third kappa shape index (κ3) is 4.62. The molecule has 1 amide bonds. The van der Waals surface area contributed by atoms with E-state index in [9.17, 15) is 9.59 Å². The Morgan fingerprint density at radius 3 is 3.12 bits per heavy atom. The number of alkyl carbamates (subject to hydrolysis) is 1. The van der Waals surface area contributed by atoms with Crippen LogP contribution in [-0.2, 0) is 19.0 Å². The zero-order valence-electron chi connectivity index (χ0n) is 9.19. The molecule has 0 aliphatic carbocycles. The van der Waals surface area contributed by atoms with E-state index in [1.165, 1.54) is 6.08 Å². The van der Waals surface area contributed by atoms with Crippen molar-refractivity contribution in [2.45, 2.75) is 18.8 Å². The van der Waals surface area contributed by atoms with Crippen molar-refractivity contribution in [1.82, 2.24) is 5.32 Å². The largest absolute Gasteiger partial charge is 0.445 e. The highest BCUT2D eigenvalue weighted by molar-refractivity contribution is 6.17. The van der Waals surface area contributed by atoms with Gasteiger partial charge < -0.3 is 19.5 Å². The third-order valence-corrected chi connectivity index (χ3v) is 2.11. The molecule has 1 aliphatic heterocycles. The lowest BCUT2D eigenvalue weighted by molar-refractivity contribution is -0.163. The molecular formula is C10H14ClNO5. The van der Waals surface area contributed by atoms with Gasteiger partial charge >= 0.3 is 12.1 Å². The molecule has 0 aromatic heterocycles. The Morgan fingerprint density at radius 1 is 1.71 bits per heavy atom. The van der Waals surface area contributed by atoms with Crippen LogP contribution in [0.15, 0.2) is 12.7 Å². The summed E-state index contributed by atoms with van der Waals surface area (Å²) in [6, 6.07) is -0.553. The van der Waals surface area contributed by atoms with E-state index in [0.29, 0.717) is 0 Å². The Hall–Kier alpha value is -1.27. The summed E-state index contributed by atoms with van der Waals surface area (Å²) in [7, 11) is 0. The van der Waals surface area contributed by atoms with Crippen molar-refractivity contribution in [3.8, 4) is 0 Å². The first-order valence-corrected chi connectivity index (χ1v) is 5.62. The number of ether oxygens (including phenoxy) is 3. The van der Waals surface area contributed by atoms with E-state index in [1.807, 2.05) is 0 Å². The lowest BCUT2D eigenvalue weighted by Crippen LogP contribution is -2.42. The van der Waals surface area contributed by atoms with Gasteiger partial charge in [-0.25, -0.2) is 4.79 Å². The second-order valence-corrected chi connectivity index (χ2v) is 3.64. The van der Waals surface area contributed by atoms with Crippen LogP contribution in [0.1, 0.15) is 6.42 Å². The minimum absolute atomic E-state index is 0.0517. The molecule has 1 heterocycles. The van der Waals surface area contributed by atoms with Gasteiger partial charge in [0.1, 0.15) is 12.6 Å². The summed E-state index contributed by atoms with van der Waals surface area (Å²) < 4.78 is 14.8. The minimum atomic E-state index is -0.808. The van der Waals surface area contributed by atoms with Gasteiger partial charge in [0.2, 0.25) is 6.29 Å². The first-order chi connectivity index (χ1) is 8.17. The summed E-state index contributed by atoms with van der Waals surface area (Å²) in [4.78, 5) is 22.3. The zero-order chi connectivity index (χ0) is 12.7. The van der Waals surface area contributed by atoms with Crippen LogP contribution in [0.2, 0.25) is 0 Å². The van der Waals surface area contributed by atoms with Crippen LogP contribution in [0.5, 0.6) is 0 Å². The predicted octanol–water partition coefficient (Wildman–Crippen LogP) is 0.796. The number of esters is 1. The number of halogens is 1. The molecule has 17 heavy (non-hydrogen) atoms. The average molecular weight is 264 g/mol. The van der Waals surface area contributed by atoms with E-state index >= 15 is 0 Å². The van der Waals surface area contributed by atoms with Gasteiger partial charge in [-0.3, -0.25) is 4.79 Å². The molecule has 7 heteroatoms. The minimum Gasteiger partial charge on any atom is -0.445 e. The molecule has 0 radical (unpaired) electrons. The topological polar surface area (TPSA) is 73.9 Å². The Morgan fingerprint density at radius 2 is 2.47 bits per heavy atom. The Kier molecular flexibility index (Phi) is 5.79. The number of hydrogen-bond acceptors (Lipinski definition) is 5. The molecule has 1 aliphatic rings. The van der Waals surface area contributed by atoms with E-state index in [0.717, 1.165) is 0 Å². The van der Waals surface area contributed by atoms with E-state index in [1.54, 1.807) is 0 Å². The van der Waals surface area contributed by atoms with Crippen molar-refractivity contribution in [3.63, 3.8) is 0 Å². The number of rotatable bonds is 6. The fourth-order valence-electron chi connectivity index (χ4n) is 1.29. The summed E-state index contributed by atoms with van der Waals surface area (Å²) in [5, 5.41) is 2.48. The highest BCUT2D eigenvalue weighted by Gasteiger charge is 2.36. The van der Waals surface area contributed by atoms with Crippen LogP contribution >= 0.6 is 11.6 Å². The number of carbonyl (C=O) groups excluding carboxylic acids is 2. The standard InChI is InChI=1S/C10H14ClNO5/c1-2-4-16-10(14)12-7-6-8(13)17-9(7)15-5-3-11/h2,7,9H,1,3-6H2,(H,12,14). The van der Waals surface area contributed by atoms with Crippen LogP contribution in [0.25, 0.3) is 0 Å². The van der Waals surface area contributed by atoms with Gasteiger partial charge in [0.15, 0.2) is 0 Å². The van der Waals surface area contributed by atoms with Crippen molar-refractivity contribution in [3.05, 3.63) is 12.7 Å². The summed E-state index contributed by atoms with van der Waals surface area (Å²) >= 11 is 5.45. The molecule has 96 valence electrons. The average Bonchev–Trinajstić information content (AvgIpc) is 2.64. The van der Waals surface area contributed by atoms with Gasteiger partial charge in [-0.1, -0.05) is 12.7 Å². The molecule has 1 rings (SSSR count). The van der Waals surface area contributed by atoms with Crippen molar-refractivity contribution >= 4 is 23.7 Å². The molecule has 2 atom stereocenters. The molecule has 1 N–H and O–H groups in total. The third-order valence-electron chi connectivity index (χ3n) is 1.96. The van der Waals surface area contributed by atoms with Gasteiger partial charge in [0.05, 0.1) is 13.0 Å². The second kappa shape index (κ2) is 7.13. The Bertz CT molecular complexity index is 296. The first kappa shape index (κ1) is 13.8. The fourth-order valence-corrected chi connectivity index (χ4v) is 1.38. The molecule has 0 saturated carbocycles. The van der Waals surface area contributed by atoms with E-state index in [4.69, 9.17) is 25.8 Å². The predicted molar refractivity (Wildman–Crippen MR) is 59.6 cm³/mol. The lowest BCUT2D eigenvalue weighted by atomic mass is 10.2. The smallest absolute Gasteiger partial charge is 0.407 e. The zero-order valence-corrected chi connectivity index (χ0v) is 9.94. The van der Waals surface area contributed by atoms with Crippen molar-refractivity contribution in [1.29, 1.82) is 0 Å². The number of amides is 1. The molecule has 1 saturated heterocycles. The number of alkyl halides is 1. The van der Waals surface area contributed by atoms with Gasteiger partial charge in [0, 0.05) is 5.88 Å². The lowest BCUT2D eigenvalue weighted by Gasteiger charge is -2.18. The normalized spacial score (nSPS) is 23.0. The van der Waals surface area contributed by atoms with Crippen LogP contribution in [0, 0.1) is 0 Å². The first-order valence-electron chi connectivity index (χ1n) is 5.08. The summed E-state index contributed by atoms with van der Waals surface area (Å²) in [5.74, 6) is -0.152. The van der Waals surface area contributed by atoms with Crippen LogP contribution < -0.4 is 5.32 Å². The molecule has 2 unspecified atom stereocenters. The van der Waals surface area contributed by atoms with Gasteiger partial charge in [0.25, 0.3) is 0 Å². The number of cyclic esters (lactones) is 1. The van der Waals surface area contributed by atoms with Crippen LogP contribution in [0.4, 0.5) is 4.79 Å². The number of hydrogen-bond donors (Lipinski definition) is 1. The van der Waals surface area contributed by atoms with E-state index < -0.39 is 24.4 Å². The SMILES string of the molecule is C=CCOC(=O)NC1CC(=O)OC1OCCCl. The van der Waals surface area contributed by atoms with E-state index in [2.05, 4.69) is 11.9 Å². The van der Waals surface area contributed by atoms with Gasteiger partial charge in [-0.2, -0.15) is 0 Å². The molecular weight excluding hydrogens is 250 g/mol. The quantitative estimate of drug-likeness (QED) is 0.436. The monoisotopic (exact) mass is 263 g/mol. The highest BCUT2D eigenvalue weighted by Crippen LogP contribution is 2.16. The Labute approximate surface area is 104 Å².